The molecule has 0 N–H and O–H groups in total. The van der Waals surface area contributed by atoms with Crippen molar-refractivity contribution in [2.24, 2.45) is 0 Å². The van der Waals surface area contributed by atoms with E-state index in [1.165, 1.54) is 11.1 Å². The van der Waals surface area contributed by atoms with Crippen molar-refractivity contribution < 1.29 is 46.3 Å². The third-order valence-corrected chi connectivity index (χ3v) is 11.1. The molecule has 4 aliphatic rings. The van der Waals surface area contributed by atoms with E-state index in [4.69, 9.17) is 37.9 Å². The summed E-state index contributed by atoms with van der Waals surface area (Å²) in [6, 6.07) is 38.1. The van der Waals surface area contributed by atoms with Gasteiger partial charge in [-0.1, -0.05) is 163 Å². The molecule has 0 aliphatic carbocycles. The summed E-state index contributed by atoms with van der Waals surface area (Å²) in [6.07, 6.45) is 13.5. The van der Waals surface area contributed by atoms with E-state index >= 15 is 0 Å². The highest BCUT2D eigenvalue weighted by Crippen LogP contribution is 2.30. The van der Waals surface area contributed by atoms with Crippen LogP contribution in [0.5, 0.6) is 0 Å². The van der Waals surface area contributed by atoms with Crippen LogP contribution in [0.15, 0.2) is 182 Å². The average Bonchev–Trinajstić information content (AvgIpc) is 4.15. The molecular weight excluding hydrogens is 901 g/mol. The first kappa shape index (κ1) is 67.5. The van der Waals surface area contributed by atoms with Gasteiger partial charge in [-0.25, -0.2) is 8.42 Å². The Bertz CT molecular complexity index is 1700. The van der Waals surface area contributed by atoms with Crippen molar-refractivity contribution in [3.8, 4) is 0 Å². The van der Waals surface area contributed by atoms with Crippen LogP contribution in [0.3, 0.4) is 0 Å². The molecule has 10 nitrogen and oxygen atoms in total. The maximum atomic E-state index is 12.0. The number of hydrogen-bond acceptors (Lipinski definition) is 10. The van der Waals surface area contributed by atoms with Crippen LogP contribution in [0.25, 0.3) is 0 Å². The minimum Gasteiger partial charge on any atom is -0.382 e. The van der Waals surface area contributed by atoms with Crippen molar-refractivity contribution in [3.63, 3.8) is 0 Å². The molecule has 0 spiro atoms. The molecule has 4 unspecified atom stereocenters. The highest BCUT2D eigenvalue weighted by molar-refractivity contribution is 7.91. The average molecular weight is 991 g/mol. The zero-order valence-corrected chi connectivity index (χ0v) is 45.3. The highest BCUT2D eigenvalue weighted by atomic mass is 32.2. The quantitative estimate of drug-likeness (QED) is 0.0792. The molecule has 392 valence electrons. The van der Waals surface area contributed by atoms with E-state index in [-0.39, 0.29) is 5.41 Å². The summed E-state index contributed by atoms with van der Waals surface area (Å²) in [7, 11) is 3.39. The number of epoxide rings is 4. The maximum Gasteiger partial charge on any atom is 0.206 e. The standard InChI is InChI=1S/C15H16.C12H10O2S.4C4H8O2.4C4H8/c1-15(2,13-9-5-3-6-10-13)14-11-7-4-8-12-14;13-15(14,11-7-3-1-4-8-11)12-9-5-2-6-10-12;4*1-5-2-4-3-6-4;4*1-3-4-2/h3-12H,1-2H3;1-10H;4*4H,2-3H2,1H3;4*3H,1,4H2,2H3. The monoisotopic (exact) mass is 991 g/mol. The van der Waals surface area contributed by atoms with Crippen molar-refractivity contribution in [3.05, 3.63) is 183 Å². The molecule has 4 fully saturated rings. The van der Waals surface area contributed by atoms with Gasteiger partial charge in [0.15, 0.2) is 0 Å². The van der Waals surface area contributed by atoms with Gasteiger partial charge in [0, 0.05) is 33.9 Å². The fourth-order valence-electron chi connectivity index (χ4n) is 4.61. The van der Waals surface area contributed by atoms with Crippen LogP contribution < -0.4 is 0 Å². The second kappa shape index (κ2) is 45.6. The lowest BCUT2D eigenvalue weighted by Gasteiger charge is -2.25. The van der Waals surface area contributed by atoms with E-state index in [0.29, 0.717) is 34.2 Å². The Morgan fingerprint density at radius 1 is 0.443 bits per heavy atom. The first-order chi connectivity index (χ1) is 33.8. The lowest BCUT2D eigenvalue weighted by molar-refractivity contribution is 0.171. The van der Waals surface area contributed by atoms with E-state index in [1.54, 1.807) is 89.1 Å². The van der Waals surface area contributed by atoms with Gasteiger partial charge < -0.3 is 37.9 Å². The number of allylic oxidation sites excluding steroid dienone is 4. The molecule has 4 atom stereocenters. The number of rotatable bonds is 16. The summed E-state index contributed by atoms with van der Waals surface area (Å²) in [6.45, 7) is 33.3. The molecule has 0 aromatic heterocycles. The van der Waals surface area contributed by atoms with Gasteiger partial charge in [-0.05, 0) is 61.1 Å². The van der Waals surface area contributed by atoms with E-state index in [1.807, 2.05) is 24.3 Å². The predicted octanol–water partition coefficient (Wildman–Crippen LogP) is 13.0. The summed E-state index contributed by atoms with van der Waals surface area (Å²) >= 11 is 0. The fraction of sp³-hybridized carbons (Fsp3) is 0.458. The van der Waals surface area contributed by atoms with Gasteiger partial charge in [0.25, 0.3) is 0 Å². The predicted molar refractivity (Wildman–Crippen MR) is 292 cm³/mol. The van der Waals surface area contributed by atoms with Crippen molar-refractivity contribution in [2.75, 3.05) is 81.3 Å². The molecule has 0 saturated carbocycles. The van der Waals surface area contributed by atoms with E-state index < -0.39 is 9.84 Å². The second-order valence-electron chi connectivity index (χ2n) is 15.9. The lowest BCUT2D eigenvalue weighted by atomic mass is 9.78. The minimum absolute atomic E-state index is 0.0858. The van der Waals surface area contributed by atoms with Crippen molar-refractivity contribution in [1.29, 1.82) is 0 Å². The van der Waals surface area contributed by atoms with Crippen LogP contribution >= 0.6 is 0 Å². The molecule has 4 aromatic rings. The maximum absolute atomic E-state index is 12.0. The summed E-state index contributed by atoms with van der Waals surface area (Å²) in [5, 5.41) is 0. The molecule has 4 aliphatic heterocycles. The van der Waals surface area contributed by atoms with Crippen LogP contribution in [0.2, 0.25) is 0 Å². The largest absolute Gasteiger partial charge is 0.382 e. The molecule has 0 bridgehead atoms. The smallest absolute Gasteiger partial charge is 0.206 e. The van der Waals surface area contributed by atoms with Crippen LogP contribution in [0.4, 0.5) is 0 Å². The Labute approximate surface area is 425 Å². The Balaban J connectivity index is 0. The third kappa shape index (κ3) is 39.2. The molecule has 11 heteroatoms. The van der Waals surface area contributed by atoms with Gasteiger partial charge in [-0.2, -0.15) is 0 Å². The molecule has 70 heavy (non-hydrogen) atoms. The van der Waals surface area contributed by atoms with Crippen LogP contribution in [-0.2, 0) is 53.1 Å². The SMILES string of the molecule is C=CCC.C=CCC.C=CCC.C=CCC.CC(C)(c1ccccc1)c1ccccc1.COCC1CO1.COCC1CO1.COCC1CO1.COCC1CO1.O=S(=O)(c1ccccc1)c1ccccc1. The van der Waals surface area contributed by atoms with Gasteiger partial charge in [0.2, 0.25) is 9.84 Å². The van der Waals surface area contributed by atoms with Gasteiger partial charge in [0.1, 0.15) is 24.4 Å². The van der Waals surface area contributed by atoms with Crippen LogP contribution in [0.1, 0.15) is 78.4 Å². The molecule has 4 saturated heterocycles. The molecular formula is C59H90O10S. The fourth-order valence-corrected chi connectivity index (χ4v) is 5.92. The topological polar surface area (TPSA) is 121 Å². The number of methoxy groups -OCH3 is 4. The molecule has 8 rings (SSSR count). The molecule has 0 radical (unpaired) electrons. The van der Waals surface area contributed by atoms with E-state index in [2.05, 4.69) is 129 Å². The lowest BCUT2D eigenvalue weighted by Crippen LogP contribution is -2.18. The summed E-state index contributed by atoms with van der Waals surface area (Å²) in [5.41, 5.74) is 2.80. The van der Waals surface area contributed by atoms with Crippen molar-refractivity contribution in [1.82, 2.24) is 0 Å². The van der Waals surface area contributed by atoms with Gasteiger partial charge >= 0.3 is 0 Å². The number of sulfone groups is 1. The normalized spacial score (nSPS) is 16.7. The minimum atomic E-state index is -3.34. The first-order valence-electron chi connectivity index (χ1n) is 24.1. The number of hydrogen-bond donors (Lipinski definition) is 0. The Morgan fingerprint density at radius 3 is 0.771 bits per heavy atom. The van der Waals surface area contributed by atoms with Crippen molar-refractivity contribution in [2.45, 2.75) is 107 Å². The third-order valence-electron chi connectivity index (χ3n) is 9.27. The zero-order chi connectivity index (χ0) is 52.7. The van der Waals surface area contributed by atoms with E-state index in [0.717, 1.165) is 78.5 Å². The van der Waals surface area contributed by atoms with Gasteiger partial charge in [-0.15, -0.1) is 26.3 Å². The Morgan fingerprint density at radius 2 is 0.629 bits per heavy atom. The number of benzene rings is 4. The Kier molecular flexibility index (Phi) is 44.0. The summed E-state index contributed by atoms with van der Waals surface area (Å²) in [5.74, 6) is 0. The molecule has 4 heterocycles. The summed E-state index contributed by atoms with van der Waals surface area (Å²) < 4.78 is 62.3. The summed E-state index contributed by atoms with van der Waals surface area (Å²) in [4.78, 5) is 0.660. The first-order valence-corrected chi connectivity index (χ1v) is 25.6. The van der Waals surface area contributed by atoms with Gasteiger partial charge in [0.05, 0.1) is 62.6 Å². The Hall–Kier alpha value is -4.53. The van der Waals surface area contributed by atoms with Crippen molar-refractivity contribution >= 4 is 9.84 Å². The number of ether oxygens (including phenoxy) is 8. The van der Waals surface area contributed by atoms with Crippen LogP contribution in [0, 0.1) is 0 Å². The van der Waals surface area contributed by atoms with Gasteiger partial charge in [-0.3, -0.25) is 0 Å². The molecule has 4 aromatic carbocycles. The highest BCUT2D eigenvalue weighted by Gasteiger charge is 2.24. The zero-order valence-electron chi connectivity index (χ0n) is 44.5. The second-order valence-corrected chi connectivity index (χ2v) is 17.9. The van der Waals surface area contributed by atoms with E-state index in [9.17, 15) is 8.42 Å². The van der Waals surface area contributed by atoms with Crippen LogP contribution in [-0.4, -0.2) is 114 Å². The molecule has 0 amide bonds.